The van der Waals surface area contributed by atoms with Crippen molar-refractivity contribution in [2.24, 2.45) is 0 Å². The molecule has 0 bridgehead atoms. The lowest BCUT2D eigenvalue weighted by Gasteiger charge is -2.18. The van der Waals surface area contributed by atoms with Crippen LogP contribution in [0, 0.1) is 0 Å². The molecule has 1 heterocycles. The Kier molecular flexibility index (Phi) is 3.74. The van der Waals surface area contributed by atoms with Crippen LogP contribution in [0.1, 0.15) is 10.4 Å². The molecule has 2 rings (SSSR count). The summed E-state index contributed by atoms with van der Waals surface area (Å²) in [5.74, 6) is -0.810. The average Bonchev–Trinajstić information content (AvgIpc) is 2.41. The van der Waals surface area contributed by atoms with Gasteiger partial charge in [-0.05, 0) is 18.2 Å². The van der Waals surface area contributed by atoms with E-state index in [4.69, 9.17) is 5.73 Å². The van der Waals surface area contributed by atoms with Crippen molar-refractivity contribution in [2.45, 2.75) is 0 Å². The second-order valence-corrected chi connectivity index (χ2v) is 4.51. The topological polar surface area (TPSA) is 91.5 Å². The minimum absolute atomic E-state index is 0.0403. The van der Waals surface area contributed by atoms with Crippen molar-refractivity contribution in [3.63, 3.8) is 0 Å². The minimum Gasteiger partial charge on any atom is -0.478 e. The van der Waals surface area contributed by atoms with Crippen LogP contribution in [0.25, 0.3) is 0 Å². The third kappa shape index (κ3) is 2.80. The quantitative estimate of drug-likeness (QED) is 0.790. The third-order valence-corrected chi connectivity index (χ3v) is 2.78. The van der Waals surface area contributed by atoms with Crippen LogP contribution in [-0.4, -0.2) is 30.2 Å². The number of carboxylic acid groups (broad SMARTS) is 1. The second kappa shape index (κ2) is 5.48. The van der Waals surface area contributed by atoms with Gasteiger partial charge in [-0.1, -0.05) is 12.1 Å². The Hall–Kier alpha value is -2.76. The standard InChI is InChI=1S/C14H16N4O2/c1-18(2)12-6-4-3-5-11(12)17-13-10(14(19)20)7-9(15)8-16-13/h3-8H,15H2,1-2H3,(H,16,17)(H,19,20). The lowest BCUT2D eigenvalue weighted by Crippen LogP contribution is -2.12. The van der Waals surface area contributed by atoms with E-state index in [-0.39, 0.29) is 11.4 Å². The fourth-order valence-electron chi connectivity index (χ4n) is 1.84. The maximum Gasteiger partial charge on any atom is 0.339 e. The summed E-state index contributed by atoms with van der Waals surface area (Å²) in [7, 11) is 3.82. The van der Waals surface area contributed by atoms with Gasteiger partial charge in [0.2, 0.25) is 0 Å². The van der Waals surface area contributed by atoms with Gasteiger partial charge in [0.05, 0.1) is 23.3 Å². The first kappa shape index (κ1) is 13.7. The molecular weight excluding hydrogens is 256 g/mol. The molecule has 0 aliphatic rings. The highest BCUT2D eigenvalue weighted by atomic mass is 16.4. The lowest BCUT2D eigenvalue weighted by atomic mass is 10.2. The van der Waals surface area contributed by atoms with Gasteiger partial charge in [0.15, 0.2) is 0 Å². The smallest absolute Gasteiger partial charge is 0.339 e. The number of nitrogen functional groups attached to an aromatic ring is 1. The SMILES string of the molecule is CN(C)c1ccccc1Nc1ncc(N)cc1C(=O)O. The van der Waals surface area contributed by atoms with E-state index in [0.29, 0.717) is 5.69 Å². The minimum atomic E-state index is -1.07. The van der Waals surface area contributed by atoms with Crippen LogP contribution in [0.4, 0.5) is 22.9 Å². The molecule has 0 fully saturated rings. The van der Waals surface area contributed by atoms with Gasteiger partial charge >= 0.3 is 5.97 Å². The zero-order valence-corrected chi connectivity index (χ0v) is 11.3. The monoisotopic (exact) mass is 272 g/mol. The van der Waals surface area contributed by atoms with E-state index in [1.165, 1.54) is 12.3 Å². The number of hydrogen-bond donors (Lipinski definition) is 3. The zero-order chi connectivity index (χ0) is 14.7. The van der Waals surface area contributed by atoms with Crippen molar-refractivity contribution in [2.75, 3.05) is 30.0 Å². The fraction of sp³-hybridized carbons (Fsp3) is 0.143. The highest BCUT2D eigenvalue weighted by Gasteiger charge is 2.13. The number of aromatic nitrogens is 1. The first-order chi connectivity index (χ1) is 9.49. The molecule has 0 unspecified atom stereocenters. The van der Waals surface area contributed by atoms with Crippen molar-refractivity contribution in [3.8, 4) is 0 Å². The second-order valence-electron chi connectivity index (χ2n) is 4.51. The van der Waals surface area contributed by atoms with Crippen LogP contribution in [0.3, 0.4) is 0 Å². The zero-order valence-electron chi connectivity index (χ0n) is 11.3. The van der Waals surface area contributed by atoms with Gasteiger partial charge in [-0.15, -0.1) is 0 Å². The molecule has 6 heteroatoms. The number of carboxylic acids is 1. The van der Waals surface area contributed by atoms with Crippen LogP contribution in [0.5, 0.6) is 0 Å². The van der Waals surface area contributed by atoms with Crippen molar-refractivity contribution < 1.29 is 9.90 Å². The predicted octanol–water partition coefficient (Wildman–Crippen LogP) is 2.17. The Bertz CT molecular complexity index is 641. The first-order valence-corrected chi connectivity index (χ1v) is 6.01. The summed E-state index contributed by atoms with van der Waals surface area (Å²) in [6.07, 6.45) is 1.42. The molecule has 1 aromatic carbocycles. The Labute approximate surface area is 116 Å². The molecule has 0 aliphatic carbocycles. The summed E-state index contributed by atoms with van der Waals surface area (Å²) in [6, 6.07) is 8.96. The van der Waals surface area contributed by atoms with E-state index in [1.807, 2.05) is 43.3 Å². The van der Waals surface area contributed by atoms with Crippen LogP contribution in [0.15, 0.2) is 36.5 Å². The number of para-hydroxylation sites is 2. The van der Waals surface area contributed by atoms with Crippen molar-refractivity contribution in [1.29, 1.82) is 0 Å². The molecule has 2 aromatic rings. The number of carbonyl (C=O) groups is 1. The predicted molar refractivity (Wildman–Crippen MR) is 79.7 cm³/mol. The van der Waals surface area contributed by atoms with Crippen LogP contribution >= 0.6 is 0 Å². The molecule has 0 aliphatic heterocycles. The molecule has 0 saturated carbocycles. The number of pyridine rings is 1. The van der Waals surface area contributed by atoms with Crippen LogP contribution in [-0.2, 0) is 0 Å². The highest BCUT2D eigenvalue weighted by Crippen LogP contribution is 2.28. The number of rotatable bonds is 4. The summed E-state index contributed by atoms with van der Waals surface area (Å²) in [6.45, 7) is 0. The number of hydrogen-bond acceptors (Lipinski definition) is 5. The number of nitrogens with zero attached hydrogens (tertiary/aromatic N) is 2. The van der Waals surface area contributed by atoms with E-state index < -0.39 is 5.97 Å². The molecule has 0 radical (unpaired) electrons. The van der Waals surface area contributed by atoms with E-state index in [9.17, 15) is 9.90 Å². The average molecular weight is 272 g/mol. The van der Waals surface area contributed by atoms with Crippen molar-refractivity contribution in [1.82, 2.24) is 4.98 Å². The molecule has 4 N–H and O–H groups in total. The maximum atomic E-state index is 11.2. The van der Waals surface area contributed by atoms with Crippen LogP contribution in [0.2, 0.25) is 0 Å². The summed E-state index contributed by atoms with van der Waals surface area (Å²) >= 11 is 0. The normalized spacial score (nSPS) is 10.1. The van der Waals surface area contributed by atoms with Crippen molar-refractivity contribution >= 4 is 28.8 Å². The highest BCUT2D eigenvalue weighted by molar-refractivity contribution is 5.95. The number of nitrogens with two attached hydrogens (primary N) is 1. The molecule has 104 valence electrons. The van der Waals surface area contributed by atoms with E-state index in [1.54, 1.807) is 0 Å². The van der Waals surface area contributed by atoms with Gasteiger partial charge in [-0.25, -0.2) is 9.78 Å². The summed E-state index contributed by atoms with van der Waals surface area (Å²) < 4.78 is 0. The third-order valence-electron chi connectivity index (χ3n) is 2.78. The van der Waals surface area contributed by atoms with Gasteiger partial charge < -0.3 is 21.1 Å². The Morgan fingerprint density at radius 1 is 1.35 bits per heavy atom. The van der Waals surface area contributed by atoms with Gasteiger partial charge in [-0.3, -0.25) is 0 Å². The number of nitrogens with one attached hydrogen (secondary N) is 1. The number of aromatic carboxylic acids is 1. The summed E-state index contributed by atoms with van der Waals surface area (Å²) in [4.78, 5) is 17.2. The Balaban J connectivity index is 2.43. The first-order valence-electron chi connectivity index (χ1n) is 6.01. The molecule has 1 aromatic heterocycles. The molecule has 6 nitrogen and oxygen atoms in total. The van der Waals surface area contributed by atoms with Crippen molar-refractivity contribution in [3.05, 3.63) is 42.1 Å². The molecule has 0 spiro atoms. The summed E-state index contributed by atoms with van der Waals surface area (Å²) in [5, 5.41) is 12.2. The molecule has 0 atom stereocenters. The maximum absolute atomic E-state index is 11.2. The molecule has 0 saturated heterocycles. The fourth-order valence-corrected chi connectivity index (χ4v) is 1.84. The number of anilines is 4. The van der Waals surface area contributed by atoms with E-state index in [2.05, 4.69) is 10.3 Å². The molecular formula is C14H16N4O2. The van der Waals surface area contributed by atoms with Gasteiger partial charge in [0.25, 0.3) is 0 Å². The lowest BCUT2D eigenvalue weighted by molar-refractivity contribution is 0.0697. The molecule has 20 heavy (non-hydrogen) atoms. The van der Waals surface area contributed by atoms with Crippen LogP contribution < -0.4 is 16.0 Å². The van der Waals surface area contributed by atoms with Gasteiger partial charge in [-0.2, -0.15) is 0 Å². The number of benzene rings is 1. The van der Waals surface area contributed by atoms with Gasteiger partial charge in [0.1, 0.15) is 11.4 Å². The molecule has 0 amide bonds. The Morgan fingerprint density at radius 2 is 2.05 bits per heavy atom. The Morgan fingerprint density at radius 3 is 2.70 bits per heavy atom. The largest absolute Gasteiger partial charge is 0.478 e. The van der Waals surface area contributed by atoms with E-state index in [0.717, 1.165) is 11.4 Å². The van der Waals surface area contributed by atoms with Gasteiger partial charge in [0, 0.05) is 14.1 Å². The summed E-state index contributed by atoms with van der Waals surface area (Å²) in [5.41, 5.74) is 7.64. The van der Waals surface area contributed by atoms with E-state index >= 15 is 0 Å².